The lowest BCUT2D eigenvalue weighted by Gasteiger charge is -1.85. The first-order valence-electron chi connectivity index (χ1n) is 4.21. The molecule has 0 atom stereocenters. The lowest BCUT2D eigenvalue weighted by molar-refractivity contribution is 1.51. The lowest BCUT2D eigenvalue weighted by atomic mass is 10.3. The fourth-order valence-corrected chi connectivity index (χ4v) is 2.69. The van der Waals surface area contributed by atoms with E-state index in [0.29, 0.717) is 14.9 Å². The van der Waals surface area contributed by atoms with Gasteiger partial charge in [0, 0.05) is 16.3 Å². The predicted octanol–water partition coefficient (Wildman–Crippen LogP) is 4.31. The fourth-order valence-electron chi connectivity index (χ4n) is 0.808. The van der Waals surface area contributed by atoms with Gasteiger partial charge in [-0.15, -0.1) is 22.7 Å². The molecule has 2 aromatic rings. The monoisotopic (exact) mass is 320 g/mol. The summed E-state index contributed by atoms with van der Waals surface area (Å²) in [6, 6.07) is 5.38. The molecule has 0 aromatic carbocycles. The van der Waals surface area contributed by atoms with Crippen molar-refractivity contribution in [1.29, 1.82) is 5.26 Å². The maximum Gasteiger partial charge on any atom is 0.104 e. The maximum atomic E-state index is 8.25. The van der Waals surface area contributed by atoms with Crippen molar-refractivity contribution in [3.63, 3.8) is 0 Å². The van der Waals surface area contributed by atoms with Crippen molar-refractivity contribution in [2.24, 2.45) is 5.73 Å². The number of rotatable bonds is 1. The third kappa shape index (κ3) is 5.02. The Balaban J connectivity index is 0.000000171. The predicted molar refractivity (Wildman–Crippen MR) is 79.3 cm³/mol. The number of hydrogen-bond donors (Lipinski definition) is 1. The summed E-state index contributed by atoms with van der Waals surface area (Å²) in [5, 5.41) is 11.8. The van der Waals surface area contributed by atoms with Crippen molar-refractivity contribution in [2.45, 2.75) is 0 Å². The molecule has 0 saturated carbocycles. The Kier molecular flexibility index (Phi) is 5.89. The molecule has 0 radical (unpaired) electrons. The van der Waals surface area contributed by atoms with Crippen LogP contribution in [-0.4, -0.2) is 4.99 Å². The third-order valence-electron chi connectivity index (χ3n) is 1.55. The molecule has 0 amide bonds. The van der Waals surface area contributed by atoms with Gasteiger partial charge in [-0.05, 0) is 12.1 Å². The second-order valence-electron chi connectivity index (χ2n) is 2.76. The molecule has 0 aliphatic rings. The molecule has 17 heavy (non-hydrogen) atoms. The molecule has 2 aromatic heterocycles. The number of nitrogens with zero attached hydrogens (tertiary/aromatic N) is 1. The highest BCUT2D eigenvalue weighted by Crippen LogP contribution is 2.19. The maximum absolute atomic E-state index is 8.25. The van der Waals surface area contributed by atoms with E-state index in [4.69, 9.17) is 46.4 Å². The van der Waals surface area contributed by atoms with Gasteiger partial charge >= 0.3 is 0 Å². The highest BCUT2D eigenvalue weighted by atomic mass is 35.5. The van der Waals surface area contributed by atoms with Gasteiger partial charge in [-0.25, -0.2) is 0 Å². The Morgan fingerprint density at radius 2 is 1.82 bits per heavy atom. The summed E-state index contributed by atoms with van der Waals surface area (Å²) in [7, 11) is 0. The van der Waals surface area contributed by atoms with Crippen molar-refractivity contribution >= 4 is 63.1 Å². The molecular weight excluding hydrogens is 315 g/mol. The van der Waals surface area contributed by atoms with E-state index in [1.165, 1.54) is 22.7 Å². The number of thiophene rings is 2. The molecule has 2 rings (SSSR count). The van der Waals surface area contributed by atoms with Crippen LogP contribution < -0.4 is 5.73 Å². The van der Waals surface area contributed by atoms with Crippen LogP contribution in [0, 0.1) is 11.3 Å². The molecule has 0 aliphatic heterocycles. The number of nitrogens with two attached hydrogens (primary N) is 1. The van der Waals surface area contributed by atoms with Crippen LogP contribution in [-0.2, 0) is 0 Å². The van der Waals surface area contributed by atoms with Gasteiger partial charge in [-0.2, -0.15) is 5.26 Å². The summed E-state index contributed by atoms with van der Waals surface area (Å²) in [5.74, 6) is 0. The summed E-state index contributed by atoms with van der Waals surface area (Å²) in [5.41, 5.74) is 6.79. The van der Waals surface area contributed by atoms with Crippen molar-refractivity contribution in [2.75, 3.05) is 0 Å². The van der Waals surface area contributed by atoms with Crippen LogP contribution >= 0.6 is 58.1 Å². The molecule has 0 aliphatic carbocycles. The molecular formula is C10H6Cl2N2S3. The van der Waals surface area contributed by atoms with Crippen LogP contribution in [0.2, 0.25) is 8.67 Å². The first kappa shape index (κ1) is 14.4. The van der Waals surface area contributed by atoms with Crippen LogP contribution in [0.15, 0.2) is 22.9 Å². The molecule has 0 spiro atoms. The largest absolute Gasteiger partial charge is 0.389 e. The van der Waals surface area contributed by atoms with Crippen molar-refractivity contribution in [1.82, 2.24) is 0 Å². The molecule has 2 heterocycles. The number of hydrogen-bond acceptors (Lipinski definition) is 4. The molecule has 0 saturated heterocycles. The van der Waals surface area contributed by atoms with E-state index in [2.05, 4.69) is 0 Å². The molecule has 0 bridgehead atoms. The van der Waals surface area contributed by atoms with Crippen LogP contribution in [0.4, 0.5) is 0 Å². The van der Waals surface area contributed by atoms with Gasteiger partial charge in [-0.3, -0.25) is 0 Å². The van der Waals surface area contributed by atoms with E-state index >= 15 is 0 Å². The standard InChI is InChI=1S/C5H4ClNS2.C5H2ClNS/c6-4-1-3(2-9-4)5(7)8;6-5-1-4(2-7)3-8-5/h1-2H,(H2,7,8);1,3H. The Morgan fingerprint density at radius 3 is 2.06 bits per heavy atom. The van der Waals surface area contributed by atoms with Crippen molar-refractivity contribution in [3.05, 3.63) is 42.7 Å². The van der Waals surface area contributed by atoms with Crippen LogP contribution in [0.5, 0.6) is 0 Å². The second-order valence-corrected chi connectivity index (χ2v) is 6.28. The van der Waals surface area contributed by atoms with Crippen LogP contribution in [0.3, 0.4) is 0 Å². The van der Waals surface area contributed by atoms with Gasteiger partial charge in [0.05, 0.1) is 14.2 Å². The average Bonchev–Trinajstić information content (AvgIpc) is 2.88. The number of thiocarbonyl (C=S) groups is 1. The minimum absolute atomic E-state index is 0.401. The molecule has 2 nitrogen and oxygen atoms in total. The van der Waals surface area contributed by atoms with E-state index in [1.807, 2.05) is 11.4 Å². The second kappa shape index (κ2) is 6.94. The normalized spacial score (nSPS) is 9.00. The highest BCUT2D eigenvalue weighted by Gasteiger charge is 1.97. The Hall–Kier alpha value is -0.640. The van der Waals surface area contributed by atoms with Crippen LogP contribution in [0.1, 0.15) is 11.1 Å². The van der Waals surface area contributed by atoms with E-state index in [0.717, 1.165) is 9.90 Å². The zero-order chi connectivity index (χ0) is 12.8. The molecule has 7 heteroatoms. The molecule has 2 N–H and O–H groups in total. The zero-order valence-corrected chi connectivity index (χ0v) is 12.3. The number of nitriles is 1. The summed E-state index contributed by atoms with van der Waals surface area (Å²) in [4.78, 5) is 0.401. The van der Waals surface area contributed by atoms with Gasteiger partial charge in [0.1, 0.15) is 11.1 Å². The van der Waals surface area contributed by atoms with E-state index in [1.54, 1.807) is 17.5 Å². The van der Waals surface area contributed by atoms with Gasteiger partial charge in [0.15, 0.2) is 0 Å². The first-order valence-corrected chi connectivity index (χ1v) is 7.13. The van der Waals surface area contributed by atoms with Gasteiger partial charge in [0.2, 0.25) is 0 Å². The van der Waals surface area contributed by atoms with E-state index < -0.39 is 0 Å². The smallest absolute Gasteiger partial charge is 0.104 e. The molecule has 0 fully saturated rings. The van der Waals surface area contributed by atoms with Crippen molar-refractivity contribution in [3.8, 4) is 6.07 Å². The van der Waals surface area contributed by atoms with E-state index in [9.17, 15) is 0 Å². The van der Waals surface area contributed by atoms with Crippen molar-refractivity contribution < 1.29 is 0 Å². The summed E-state index contributed by atoms with van der Waals surface area (Å²) in [6.45, 7) is 0. The highest BCUT2D eigenvalue weighted by molar-refractivity contribution is 7.80. The topological polar surface area (TPSA) is 49.8 Å². The molecule has 0 unspecified atom stereocenters. The van der Waals surface area contributed by atoms with Crippen LogP contribution in [0.25, 0.3) is 0 Å². The third-order valence-corrected chi connectivity index (χ3v) is 3.97. The summed E-state index contributed by atoms with van der Waals surface area (Å²) >= 11 is 18.6. The first-order chi connectivity index (χ1) is 8.02. The number of halogens is 2. The summed E-state index contributed by atoms with van der Waals surface area (Å²) < 4.78 is 1.39. The quantitative estimate of drug-likeness (QED) is 0.796. The van der Waals surface area contributed by atoms with Gasteiger partial charge < -0.3 is 5.73 Å². The Bertz CT molecular complexity index is 554. The average molecular weight is 321 g/mol. The summed E-state index contributed by atoms with van der Waals surface area (Å²) in [6.07, 6.45) is 0. The SMILES string of the molecule is N#Cc1csc(Cl)c1.NC(=S)c1csc(Cl)c1. The van der Waals surface area contributed by atoms with Gasteiger partial charge in [-0.1, -0.05) is 35.4 Å². The zero-order valence-electron chi connectivity index (χ0n) is 8.31. The Morgan fingerprint density at radius 1 is 1.24 bits per heavy atom. The minimum atomic E-state index is 0.401. The van der Waals surface area contributed by atoms with E-state index in [-0.39, 0.29) is 0 Å². The Labute approximate surface area is 122 Å². The fraction of sp³-hybridized carbons (Fsp3) is 0. The van der Waals surface area contributed by atoms with Gasteiger partial charge in [0.25, 0.3) is 0 Å². The molecule has 88 valence electrons. The minimum Gasteiger partial charge on any atom is -0.389 e. The lowest BCUT2D eigenvalue weighted by Crippen LogP contribution is -2.07.